The molecule has 1 unspecified atom stereocenters. The molecule has 0 aliphatic heterocycles. The van der Waals surface area contributed by atoms with Gasteiger partial charge in [0, 0.05) is 10.7 Å². The summed E-state index contributed by atoms with van der Waals surface area (Å²) in [6, 6.07) is 13.5. The second-order valence-corrected chi connectivity index (χ2v) is 6.46. The van der Waals surface area contributed by atoms with E-state index in [0.717, 1.165) is 12.8 Å². The molecule has 5 nitrogen and oxygen atoms in total. The fourth-order valence-corrected chi connectivity index (χ4v) is 2.51. The molecule has 6 heteroatoms. The molecule has 27 heavy (non-hydrogen) atoms. The molecule has 0 aliphatic rings. The van der Waals surface area contributed by atoms with Crippen molar-refractivity contribution in [2.45, 2.75) is 39.2 Å². The highest BCUT2D eigenvalue weighted by Crippen LogP contribution is 2.20. The molecule has 0 radical (unpaired) electrons. The molecule has 0 fully saturated rings. The van der Waals surface area contributed by atoms with Crippen LogP contribution in [0.15, 0.2) is 48.5 Å². The first kappa shape index (κ1) is 20.8. The molecule has 144 valence electrons. The number of unbranched alkanes of at least 4 members (excludes halogenated alkanes) is 1. The minimum absolute atomic E-state index is 0.268. The predicted octanol–water partition coefficient (Wildman–Crippen LogP) is 5.09. The van der Waals surface area contributed by atoms with E-state index in [1.807, 2.05) is 13.8 Å². The maximum atomic E-state index is 12.5. The van der Waals surface area contributed by atoms with Gasteiger partial charge in [0.05, 0.1) is 12.2 Å². The van der Waals surface area contributed by atoms with Crippen molar-refractivity contribution >= 4 is 29.2 Å². The zero-order valence-electron chi connectivity index (χ0n) is 15.5. The van der Waals surface area contributed by atoms with Gasteiger partial charge in [-0.15, -0.1) is 0 Å². The molecule has 2 aromatic rings. The summed E-state index contributed by atoms with van der Waals surface area (Å²) in [5, 5.41) is 3.34. The van der Waals surface area contributed by atoms with Gasteiger partial charge in [-0.1, -0.05) is 37.9 Å². The SMILES string of the molecule is CCCCOC(=O)c1ccc(NC(=O)C(CC)Oc2cccc(Cl)c2)cc1. The summed E-state index contributed by atoms with van der Waals surface area (Å²) in [5.74, 6) is -0.0949. The Morgan fingerprint density at radius 1 is 1.11 bits per heavy atom. The number of hydrogen-bond acceptors (Lipinski definition) is 4. The van der Waals surface area contributed by atoms with E-state index in [1.165, 1.54) is 0 Å². The zero-order chi connectivity index (χ0) is 19.6. The fraction of sp³-hybridized carbons (Fsp3) is 0.333. The fourth-order valence-electron chi connectivity index (χ4n) is 2.33. The highest BCUT2D eigenvalue weighted by molar-refractivity contribution is 6.30. The van der Waals surface area contributed by atoms with Gasteiger partial charge in [0.1, 0.15) is 5.75 Å². The lowest BCUT2D eigenvalue weighted by atomic mass is 10.2. The summed E-state index contributed by atoms with van der Waals surface area (Å²) in [7, 11) is 0. The Bertz CT molecular complexity index is 761. The standard InChI is InChI=1S/C21H24ClNO4/c1-3-5-13-26-21(25)15-9-11-17(12-10-15)23-20(24)19(4-2)27-18-8-6-7-16(22)14-18/h6-12,14,19H,3-5,13H2,1-2H3,(H,23,24). The van der Waals surface area contributed by atoms with Crippen LogP contribution in [0, 0.1) is 0 Å². The first-order valence-corrected chi connectivity index (χ1v) is 9.41. The van der Waals surface area contributed by atoms with Crippen molar-refractivity contribution in [1.29, 1.82) is 0 Å². The first-order chi connectivity index (χ1) is 13.0. The van der Waals surface area contributed by atoms with Crippen LogP contribution in [0.25, 0.3) is 0 Å². The Kier molecular flexibility index (Phi) is 8.14. The van der Waals surface area contributed by atoms with E-state index in [-0.39, 0.29) is 11.9 Å². The average Bonchev–Trinajstić information content (AvgIpc) is 2.66. The van der Waals surface area contributed by atoms with Crippen LogP contribution in [0.2, 0.25) is 5.02 Å². The summed E-state index contributed by atoms with van der Waals surface area (Å²) < 4.78 is 10.9. The average molecular weight is 390 g/mol. The molecule has 1 N–H and O–H groups in total. The van der Waals surface area contributed by atoms with E-state index in [4.69, 9.17) is 21.1 Å². The van der Waals surface area contributed by atoms with Crippen LogP contribution >= 0.6 is 11.6 Å². The quantitative estimate of drug-likeness (QED) is 0.479. The van der Waals surface area contributed by atoms with Gasteiger partial charge < -0.3 is 14.8 Å². The highest BCUT2D eigenvalue weighted by Gasteiger charge is 2.19. The molecule has 2 rings (SSSR count). The number of nitrogens with one attached hydrogen (secondary N) is 1. The molecule has 1 amide bonds. The zero-order valence-corrected chi connectivity index (χ0v) is 16.3. The van der Waals surface area contributed by atoms with Crippen LogP contribution in [0.5, 0.6) is 5.75 Å². The number of rotatable bonds is 9. The number of anilines is 1. The maximum Gasteiger partial charge on any atom is 0.338 e. The van der Waals surface area contributed by atoms with Gasteiger partial charge in [0.25, 0.3) is 5.91 Å². The second kappa shape index (κ2) is 10.6. The van der Waals surface area contributed by atoms with E-state index in [9.17, 15) is 9.59 Å². The largest absolute Gasteiger partial charge is 0.481 e. The van der Waals surface area contributed by atoms with Crippen LogP contribution in [-0.4, -0.2) is 24.6 Å². The third-order valence-electron chi connectivity index (χ3n) is 3.86. The van der Waals surface area contributed by atoms with Gasteiger partial charge in [-0.2, -0.15) is 0 Å². The smallest absolute Gasteiger partial charge is 0.338 e. The number of carbonyl (C=O) groups is 2. The molecular formula is C21H24ClNO4. The summed E-state index contributed by atoms with van der Waals surface area (Å²) in [4.78, 5) is 24.4. The highest BCUT2D eigenvalue weighted by atomic mass is 35.5. The third-order valence-corrected chi connectivity index (χ3v) is 4.09. The minimum Gasteiger partial charge on any atom is -0.481 e. The molecule has 0 aromatic heterocycles. The van der Waals surface area contributed by atoms with Gasteiger partial charge >= 0.3 is 5.97 Å². The van der Waals surface area contributed by atoms with Crippen molar-refractivity contribution in [3.05, 3.63) is 59.1 Å². The molecule has 0 saturated heterocycles. The van der Waals surface area contributed by atoms with Crippen molar-refractivity contribution < 1.29 is 19.1 Å². The van der Waals surface area contributed by atoms with Crippen LogP contribution in [0.4, 0.5) is 5.69 Å². The van der Waals surface area contributed by atoms with E-state index in [2.05, 4.69) is 5.32 Å². The number of hydrogen-bond donors (Lipinski definition) is 1. The lowest BCUT2D eigenvalue weighted by Crippen LogP contribution is -2.32. The lowest BCUT2D eigenvalue weighted by molar-refractivity contribution is -0.122. The van der Waals surface area contributed by atoms with E-state index < -0.39 is 6.10 Å². The number of carbonyl (C=O) groups excluding carboxylic acids is 2. The van der Waals surface area contributed by atoms with Crippen molar-refractivity contribution in [3.8, 4) is 5.75 Å². The summed E-state index contributed by atoms with van der Waals surface area (Å²) >= 11 is 5.94. The number of benzene rings is 2. The summed E-state index contributed by atoms with van der Waals surface area (Å²) in [6.07, 6.45) is 1.65. The second-order valence-electron chi connectivity index (χ2n) is 6.03. The van der Waals surface area contributed by atoms with Crippen LogP contribution in [0.1, 0.15) is 43.5 Å². The lowest BCUT2D eigenvalue weighted by Gasteiger charge is -2.17. The van der Waals surface area contributed by atoms with Gasteiger partial charge in [0.15, 0.2) is 6.10 Å². The van der Waals surface area contributed by atoms with Crippen molar-refractivity contribution in [2.75, 3.05) is 11.9 Å². The molecule has 2 aromatic carbocycles. The summed E-state index contributed by atoms with van der Waals surface area (Å²) in [6.45, 7) is 4.31. The number of ether oxygens (including phenoxy) is 2. The van der Waals surface area contributed by atoms with Crippen LogP contribution in [0.3, 0.4) is 0 Å². The van der Waals surface area contributed by atoms with Crippen molar-refractivity contribution in [2.24, 2.45) is 0 Å². The molecular weight excluding hydrogens is 366 g/mol. The van der Waals surface area contributed by atoms with Gasteiger partial charge in [-0.25, -0.2) is 4.79 Å². The number of amides is 1. The Balaban J connectivity index is 1.94. The van der Waals surface area contributed by atoms with Gasteiger partial charge in [-0.05, 0) is 55.3 Å². The van der Waals surface area contributed by atoms with Crippen molar-refractivity contribution in [1.82, 2.24) is 0 Å². The molecule has 0 saturated carbocycles. The normalized spacial score (nSPS) is 11.5. The maximum absolute atomic E-state index is 12.5. The van der Waals surface area contributed by atoms with Crippen molar-refractivity contribution in [3.63, 3.8) is 0 Å². The number of esters is 1. The summed E-state index contributed by atoms with van der Waals surface area (Å²) in [5.41, 5.74) is 1.03. The monoisotopic (exact) mass is 389 g/mol. The molecule has 0 bridgehead atoms. The minimum atomic E-state index is -0.651. The molecule has 1 atom stereocenters. The van der Waals surface area contributed by atoms with E-state index >= 15 is 0 Å². The predicted molar refractivity (Wildman–Crippen MR) is 106 cm³/mol. The topological polar surface area (TPSA) is 64.6 Å². The van der Waals surface area contributed by atoms with Crippen LogP contribution < -0.4 is 10.1 Å². The first-order valence-electron chi connectivity index (χ1n) is 9.03. The Morgan fingerprint density at radius 2 is 1.85 bits per heavy atom. The van der Waals surface area contributed by atoms with Crippen LogP contribution in [-0.2, 0) is 9.53 Å². The number of halogens is 1. The molecule has 0 aliphatic carbocycles. The van der Waals surface area contributed by atoms with Gasteiger partial charge in [0.2, 0.25) is 0 Å². The van der Waals surface area contributed by atoms with Gasteiger partial charge in [-0.3, -0.25) is 4.79 Å². The van der Waals surface area contributed by atoms with E-state index in [0.29, 0.717) is 35.1 Å². The third kappa shape index (κ3) is 6.61. The van der Waals surface area contributed by atoms with E-state index in [1.54, 1.807) is 48.5 Å². The Hall–Kier alpha value is -2.53. The Labute approximate surface area is 164 Å². The molecule has 0 heterocycles. The Morgan fingerprint density at radius 3 is 2.48 bits per heavy atom. The molecule has 0 spiro atoms.